The van der Waals surface area contributed by atoms with E-state index in [1.807, 2.05) is 24.3 Å². The van der Waals surface area contributed by atoms with E-state index in [1.54, 1.807) is 14.1 Å². The molecule has 30 heavy (non-hydrogen) atoms. The highest BCUT2D eigenvalue weighted by Gasteiger charge is 2.08. The Morgan fingerprint density at radius 1 is 1.13 bits per heavy atom. The molecular weight excluding hydrogens is 376 g/mol. The molecule has 0 saturated carbocycles. The number of carbonyl (C=O) groups excluding carboxylic acids is 1. The molecule has 6 heteroatoms. The predicted octanol–water partition coefficient (Wildman–Crippen LogP) is 3.32. The van der Waals surface area contributed by atoms with Gasteiger partial charge >= 0.3 is 0 Å². The fourth-order valence-corrected chi connectivity index (χ4v) is 2.78. The molecule has 0 fully saturated rings. The number of nitrogens with zero attached hydrogens (tertiary/aromatic N) is 2. The largest absolute Gasteiger partial charge is 0.484 e. The lowest BCUT2D eigenvalue weighted by Crippen LogP contribution is -2.39. The SMILES string of the molecule is CCNC(=NCc1cccc(OCC(=O)N(C)C)c1)NCC(C)c1ccc(C)cc1. The number of hydrogen-bond acceptors (Lipinski definition) is 3. The number of rotatable bonds is 9. The number of likely N-dealkylation sites (N-methyl/N-ethyl adjacent to an activating group) is 1. The lowest BCUT2D eigenvalue weighted by Gasteiger charge is -2.16. The summed E-state index contributed by atoms with van der Waals surface area (Å²) >= 11 is 0. The van der Waals surface area contributed by atoms with Crippen molar-refractivity contribution < 1.29 is 9.53 Å². The summed E-state index contributed by atoms with van der Waals surface area (Å²) in [5, 5.41) is 6.72. The molecule has 0 aromatic heterocycles. The van der Waals surface area contributed by atoms with Gasteiger partial charge < -0.3 is 20.3 Å². The van der Waals surface area contributed by atoms with Crippen LogP contribution in [0.5, 0.6) is 5.75 Å². The maximum Gasteiger partial charge on any atom is 0.259 e. The normalized spacial score (nSPS) is 12.2. The molecule has 6 nitrogen and oxygen atoms in total. The summed E-state index contributed by atoms with van der Waals surface area (Å²) in [7, 11) is 3.43. The van der Waals surface area contributed by atoms with Gasteiger partial charge in [-0.2, -0.15) is 0 Å². The van der Waals surface area contributed by atoms with Gasteiger partial charge in [-0.3, -0.25) is 4.79 Å². The average molecular weight is 411 g/mol. The molecular formula is C24H34N4O2. The van der Waals surface area contributed by atoms with Gasteiger partial charge in [0.1, 0.15) is 5.75 Å². The molecule has 0 heterocycles. The van der Waals surface area contributed by atoms with Crippen molar-refractivity contribution in [3.8, 4) is 5.75 Å². The lowest BCUT2D eigenvalue weighted by molar-refractivity contribution is -0.130. The van der Waals surface area contributed by atoms with Gasteiger partial charge in [0.15, 0.2) is 12.6 Å². The maximum absolute atomic E-state index is 11.7. The summed E-state index contributed by atoms with van der Waals surface area (Å²) in [6.07, 6.45) is 0. The molecule has 1 atom stereocenters. The van der Waals surface area contributed by atoms with Gasteiger partial charge in [0.2, 0.25) is 0 Å². The van der Waals surface area contributed by atoms with Crippen molar-refractivity contribution in [2.24, 2.45) is 4.99 Å². The van der Waals surface area contributed by atoms with Crippen LogP contribution in [0.4, 0.5) is 0 Å². The Hall–Kier alpha value is -3.02. The predicted molar refractivity (Wildman–Crippen MR) is 123 cm³/mol. The van der Waals surface area contributed by atoms with Crippen molar-refractivity contribution in [1.29, 1.82) is 0 Å². The van der Waals surface area contributed by atoms with Gasteiger partial charge in [0, 0.05) is 27.2 Å². The van der Waals surface area contributed by atoms with Crippen LogP contribution in [0.3, 0.4) is 0 Å². The van der Waals surface area contributed by atoms with Crippen molar-refractivity contribution in [2.45, 2.75) is 33.2 Å². The summed E-state index contributed by atoms with van der Waals surface area (Å²) in [6, 6.07) is 16.3. The number of guanidine groups is 1. The molecule has 0 aliphatic heterocycles. The maximum atomic E-state index is 11.7. The first kappa shape index (κ1) is 23.3. The molecule has 0 saturated heterocycles. The molecule has 0 radical (unpaired) electrons. The molecule has 0 aliphatic rings. The highest BCUT2D eigenvalue weighted by atomic mass is 16.5. The van der Waals surface area contributed by atoms with Crippen LogP contribution >= 0.6 is 0 Å². The zero-order valence-corrected chi connectivity index (χ0v) is 18.7. The number of nitrogens with one attached hydrogen (secondary N) is 2. The smallest absolute Gasteiger partial charge is 0.259 e. The van der Waals surface area contributed by atoms with E-state index in [0.717, 1.165) is 24.6 Å². The van der Waals surface area contributed by atoms with Crippen molar-refractivity contribution in [3.63, 3.8) is 0 Å². The second-order valence-corrected chi connectivity index (χ2v) is 7.61. The number of carbonyl (C=O) groups is 1. The Morgan fingerprint density at radius 3 is 2.53 bits per heavy atom. The third-order valence-electron chi connectivity index (χ3n) is 4.75. The highest BCUT2D eigenvalue weighted by Crippen LogP contribution is 2.16. The van der Waals surface area contributed by atoms with Crippen LogP contribution in [-0.2, 0) is 11.3 Å². The summed E-state index contributed by atoms with van der Waals surface area (Å²) in [4.78, 5) is 17.9. The minimum atomic E-state index is -0.0697. The van der Waals surface area contributed by atoms with Crippen LogP contribution in [0, 0.1) is 6.92 Å². The molecule has 2 rings (SSSR count). The molecule has 2 N–H and O–H groups in total. The minimum Gasteiger partial charge on any atom is -0.484 e. The van der Waals surface area contributed by atoms with E-state index in [0.29, 0.717) is 18.2 Å². The quantitative estimate of drug-likeness (QED) is 0.492. The third-order valence-corrected chi connectivity index (χ3v) is 4.75. The van der Waals surface area contributed by atoms with E-state index in [1.165, 1.54) is 16.0 Å². The Morgan fingerprint density at radius 2 is 1.87 bits per heavy atom. The first-order valence-electron chi connectivity index (χ1n) is 10.4. The topological polar surface area (TPSA) is 66.0 Å². The molecule has 2 aromatic rings. The zero-order chi connectivity index (χ0) is 21.9. The highest BCUT2D eigenvalue weighted by molar-refractivity contribution is 5.79. The van der Waals surface area contributed by atoms with E-state index in [2.05, 4.69) is 55.7 Å². The van der Waals surface area contributed by atoms with Crippen molar-refractivity contribution in [3.05, 3.63) is 65.2 Å². The Bertz CT molecular complexity index is 831. The Kier molecular flexibility index (Phi) is 9.19. The molecule has 0 spiro atoms. The van der Waals surface area contributed by atoms with Gasteiger partial charge in [0.25, 0.3) is 5.91 Å². The van der Waals surface area contributed by atoms with Crippen LogP contribution in [0.25, 0.3) is 0 Å². The van der Waals surface area contributed by atoms with Gasteiger partial charge in [-0.15, -0.1) is 0 Å². The Balaban J connectivity index is 1.94. The van der Waals surface area contributed by atoms with E-state index in [9.17, 15) is 4.79 Å². The van der Waals surface area contributed by atoms with E-state index >= 15 is 0 Å². The van der Waals surface area contributed by atoms with Gasteiger partial charge in [-0.25, -0.2) is 4.99 Å². The van der Waals surface area contributed by atoms with Crippen LogP contribution in [0.15, 0.2) is 53.5 Å². The van der Waals surface area contributed by atoms with Crippen LogP contribution in [0.2, 0.25) is 0 Å². The molecule has 1 unspecified atom stereocenters. The van der Waals surface area contributed by atoms with Crippen LogP contribution < -0.4 is 15.4 Å². The van der Waals surface area contributed by atoms with Gasteiger partial charge in [-0.05, 0) is 43.0 Å². The van der Waals surface area contributed by atoms with Gasteiger partial charge in [0.05, 0.1) is 6.54 Å². The van der Waals surface area contributed by atoms with Crippen molar-refractivity contribution in [1.82, 2.24) is 15.5 Å². The monoisotopic (exact) mass is 410 g/mol. The first-order chi connectivity index (χ1) is 14.4. The minimum absolute atomic E-state index is 0.0286. The van der Waals surface area contributed by atoms with Crippen LogP contribution in [-0.4, -0.2) is 50.6 Å². The summed E-state index contributed by atoms with van der Waals surface area (Å²) in [5.74, 6) is 1.76. The number of hydrogen-bond donors (Lipinski definition) is 2. The fraction of sp³-hybridized carbons (Fsp3) is 0.417. The number of aliphatic imine (C=N–C) groups is 1. The fourth-order valence-electron chi connectivity index (χ4n) is 2.78. The first-order valence-corrected chi connectivity index (χ1v) is 10.4. The summed E-state index contributed by atoms with van der Waals surface area (Å²) < 4.78 is 5.59. The molecule has 0 bridgehead atoms. The average Bonchev–Trinajstić information content (AvgIpc) is 2.74. The molecule has 0 aliphatic carbocycles. The zero-order valence-electron chi connectivity index (χ0n) is 18.7. The third kappa shape index (κ3) is 7.78. The van der Waals surface area contributed by atoms with Gasteiger partial charge in [-0.1, -0.05) is 48.9 Å². The number of aryl methyl sites for hydroxylation is 1. The standard InChI is InChI=1S/C24H34N4O2/c1-6-25-24(26-15-19(3)21-12-10-18(2)11-13-21)27-16-20-8-7-9-22(14-20)30-17-23(29)28(4)5/h7-14,19H,6,15-17H2,1-5H3,(H2,25,26,27). The molecule has 1 amide bonds. The number of ether oxygens (including phenoxy) is 1. The van der Waals surface area contributed by atoms with E-state index < -0.39 is 0 Å². The molecule has 162 valence electrons. The molecule has 2 aromatic carbocycles. The van der Waals surface area contributed by atoms with Crippen LogP contribution in [0.1, 0.15) is 36.5 Å². The number of amides is 1. The van der Waals surface area contributed by atoms with Crippen molar-refractivity contribution in [2.75, 3.05) is 33.8 Å². The van der Waals surface area contributed by atoms with E-state index in [4.69, 9.17) is 9.73 Å². The second-order valence-electron chi connectivity index (χ2n) is 7.61. The summed E-state index contributed by atoms with van der Waals surface area (Å²) in [5.41, 5.74) is 3.60. The Labute approximate surface area is 180 Å². The van der Waals surface area contributed by atoms with Crippen molar-refractivity contribution >= 4 is 11.9 Å². The summed E-state index contributed by atoms with van der Waals surface area (Å²) in [6.45, 7) is 8.50. The second kappa shape index (κ2) is 11.9. The lowest BCUT2D eigenvalue weighted by atomic mass is 10.0. The number of benzene rings is 2. The van der Waals surface area contributed by atoms with E-state index in [-0.39, 0.29) is 12.5 Å².